The second-order valence-corrected chi connectivity index (χ2v) is 7.21. The van der Waals surface area contributed by atoms with E-state index in [0.717, 1.165) is 17.7 Å². The maximum atomic E-state index is 12.5. The molecule has 0 radical (unpaired) electrons. The lowest BCUT2D eigenvalue weighted by molar-refractivity contribution is -0.122. The molecule has 0 aliphatic rings. The highest BCUT2D eigenvalue weighted by atomic mass is 35.5. The van der Waals surface area contributed by atoms with E-state index in [-0.39, 0.29) is 11.8 Å². The van der Waals surface area contributed by atoms with E-state index in [9.17, 15) is 9.59 Å². The predicted octanol–water partition coefficient (Wildman–Crippen LogP) is 3.55. The summed E-state index contributed by atoms with van der Waals surface area (Å²) in [5.74, 6) is 0.273. The molecule has 0 saturated carbocycles. The Morgan fingerprint density at radius 3 is 2.46 bits per heavy atom. The van der Waals surface area contributed by atoms with Crippen LogP contribution in [-0.4, -0.2) is 36.4 Å². The lowest BCUT2D eigenvalue weighted by Crippen LogP contribution is -2.47. The zero-order valence-electron chi connectivity index (χ0n) is 14.7. The maximum Gasteiger partial charge on any atom is 0.253 e. The summed E-state index contributed by atoms with van der Waals surface area (Å²) in [6.45, 7) is 0.528. The predicted molar refractivity (Wildman–Crippen MR) is 109 cm³/mol. The average Bonchev–Trinajstić information content (AvgIpc) is 2.66. The largest absolute Gasteiger partial charge is 0.354 e. The molecule has 0 heterocycles. The Labute approximate surface area is 163 Å². The van der Waals surface area contributed by atoms with Crippen molar-refractivity contribution in [2.24, 2.45) is 0 Å². The number of carbonyl (C=O) groups is 2. The van der Waals surface area contributed by atoms with Crippen LogP contribution in [0.3, 0.4) is 0 Å². The van der Waals surface area contributed by atoms with Gasteiger partial charge in [0.2, 0.25) is 5.91 Å². The summed E-state index contributed by atoms with van der Waals surface area (Å²) in [6, 6.07) is 16.2. The van der Waals surface area contributed by atoms with Crippen molar-refractivity contribution < 1.29 is 9.59 Å². The minimum absolute atomic E-state index is 0.171. The molecule has 0 fully saturated rings. The van der Waals surface area contributed by atoms with Gasteiger partial charge in [-0.15, -0.1) is 0 Å². The van der Waals surface area contributed by atoms with Gasteiger partial charge in [-0.3, -0.25) is 9.59 Å². The minimum Gasteiger partial charge on any atom is -0.354 e. The molecule has 0 aliphatic carbocycles. The third-order valence-corrected chi connectivity index (χ3v) is 4.88. The second kappa shape index (κ2) is 10.9. The molecule has 1 unspecified atom stereocenters. The molecule has 0 saturated heterocycles. The van der Waals surface area contributed by atoms with Crippen LogP contribution in [0.15, 0.2) is 54.6 Å². The highest BCUT2D eigenvalue weighted by Gasteiger charge is 2.21. The van der Waals surface area contributed by atoms with Gasteiger partial charge in [0.25, 0.3) is 5.91 Å². The smallest absolute Gasteiger partial charge is 0.253 e. The first kappa shape index (κ1) is 20.3. The van der Waals surface area contributed by atoms with Crippen LogP contribution in [0, 0.1) is 0 Å². The maximum absolute atomic E-state index is 12.5. The number of nitrogens with one attached hydrogen (secondary N) is 2. The number of hydrogen-bond acceptors (Lipinski definition) is 3. The number of thioether (sulfide) groups is 1. The zero-order valence-corrected chi connectivity index (χ0v) is 16.3. The Hall–Kier alpha value is -1.98. The van der Waals surface area contributed by atoms with Crippen LogP contribution in [0.5, 0.6) is 0 Å². The molecule has 2 N–H and O–H groups in total. The van der Waals surface area contributed by atoms with E-state index < -0.39 is 6.04 Å². The van der Waals surface area contributed by atoms with Crippen molar-refractivity contribution >= 4 is 35.2 Å². The summed E-state index contributed by atoms with van der Waals surface area (Å²) in [7, 11) is 0. The molecular weight excluding hydrogens is 368 g/mol. The first-order valence-corrected chi connectivity index (χ1v) is 10.2. The number of amides is 2. The van der Waals surface area contributed by atoms with Gasteiger partial charge in [-0.2, -0.15) is 11.8 Å². The quantitative estimate of drug-likeness (QED) is 0.688. The van der Waals surface area contributed by atoms with Crippen LogP contribution in [0.4, 0.5) is 0 Å². The standard InChI is InChI=1S/C20H23ClN2O2S/c1-26-14-12-18(23-19(24)16-9-5-6-10-17(16)21)20(25)22-13-11-15-7-3-2-4-8-15/h2-10,18H,11-14H2,1H3,(H,22,25)(H,23,24). The molecule has 0 aromatic heterocycles. The molecule has 0 aliphatic heterocycles. The number of rotatable bonds is 9. The fourth-order valence-corrected chi connectivity index (χ4v) is 3.18. The summed E-state index contributed by atoms with van der Waals surface area (Å²) in [5, 5.41) is 6.10. The molecule has 2 rings (SSSR count). The van der Waals surface area contributed by atoms with Gasteiger partial charge in [0.15, 0.2) is 0 Å². The fraction of sp³-hybridized carbons (Fsp3) is 0.300. The van der Waals surface area contributed by atoms with Crippen LogP contribution in [-0.2, 0) is 11.2 Å². The van der Waals surface area contributed by atoms with E-state index in [0.29, 0.717) is 23.6 Å². The SMILES string of the molecule is CSCCC(NC(=O)c1ccccc1Cl)C(=O)NCCc1ccccc1. The molecular formula is C20H23ClN2O2S. The lowest BCUT2D eigenvalue weighted by atomic mass is 10.1. The van der Waals surface area contributed by atoms with Crippen molar-refractivity contribution in [1.29, 1.82) is 0 Å². The summed E-state index contributed by atoms with van der Waals surface area (Å²) >= 11 is 7.71. The van der Waals surface area contributed by atoms with Crippen molar-refractivity contribution in [1.82, 2.24) is 10.6 Å². The summed E-state index contributed by atoms with van der Waals surface area (Å²) in [5.41, 5.74) is 1.54. The van der Waals surface area contributed by atoms with Gasteiger partial charge in [-0.25, -0.2) is 0 Å². The van der Waals surface area contributed by atoms with Crippen LogP contribution < -0.4 is 10.6 Å². The Bertz CT molecular complexity index is 725. The topological polar surface area (TPSA) is 58.2 Å². The molecule has 0 bridgehead atoms. The van der Waals surface area contributed by atoms with Gasteiger partial charge in [0, 0.05) is 6.54 Å². The van der Waals surface area contributed by atoms with Crippen LogP contribution in [0.25, 0.3) is 0 Å². The Kier molecular flexibility index (Phi) is 8.51. The Balaban J connectivity index is 1.93. The van der Waals surface area contributed by atoms with Crippen molar-refractivity contribution in [3.63, 3.8) is 0 Å². The normalized spacial score (nSPS) is 11.6. The molecule has 6 heteroatoms. The van der Waals surface area contributed by atoms with Gasteiger partial charge in [0.1, 0.15) is 6.04 Å². The van der Waals surface area contributed by atoms with Gasteiger partial charge >= 0.3 is 0 Å². The van der Waals surface area contributed by atoms with Gasteiger partial charge < -0.3 is 10.6 Å². The monoisotopic (exact) mass is 390 g/mol. The van der Waals surface area contributed by atoms with Crippen molar-refractivity contribution in [2.75, 3.05) is 18.6 Å². The highest BCUT2D eigenvalue weighted by Crippen LogP contribution is 2.15. The Morgan fingerprint density at radius 1 is 1.08 bits per heavy atom. The van der Waals surface area contributed by atoms with E-state index in [1.807, 2.05) is 36.6 Å². The third-order valence-electron chi connectivity index (χ3n) is 3.91. The number of hydrogen-bond donors (Lipinski definition) is 2. The molecule has 0 spiro atoms. The van der Waals surface area contributed by atoms with Crippen LogP contribution >= 0.6 is 23.4 Å². The van der Waals surface area contributed by atoms with E-state index in [2.05, 4.69) is 10.6 Å². The zero-order chi connectivity index (χ0) is 18.8. The van der Waals surface area contributed by atoms with Crippen LogP contribution in [0.2, 0.25) is 5.02 Å². The summed E-state index contributed by atoms with van der Waals surface area (Å²) < 4.78 is 0. The van der Waals surface area contributed by atoms with Crippen molar-refractivity contribution in [2.45, 2.75) is 18.9 Å². The first-order valence-electron chi connectivity index (χ1n) is 8.47. The minimum atomic E-state index is -0.581. The average molecular weight is 391 g/mol. The second-order valence-electron chi connectivity index (χ2n) is 5.81. The van der Waals surface area contributed by atoms with E-state index in [1.54, 1.807) is 36.0 Å². The fourth-order valence-electron chi connectivity index (χ4n) is 2.48. The van der Waals surface area contributed by atoms with Crippen molar-refractivity contribution in [3.8, 4) is 0 Å². The van der Waals surface area contributed by atoms with E-state index >= 15 is 0 Å². The Morgan fingerprint density at radius 2 is 1.77 bits per heavy atom. The van der Waals surface area contributed by atoms with E-state index in [1.165, 1.54) is 0 Å². The molecule has 1 atom stereocenters. The van der Waals surface area contributed by atoms with Crippen molar-refractivity contribution in [3.05, 3.63) is 70.7 Å². The number of carbonyl (C=O) groups excluding carboxylic acids is 2. The molecule has 4 nitrogen and oxygen atoms in total. The molecule has 26 heavy (non-hydrogen) atoms. The summed E-state index contributed by atoms with van der Waals surface area (Å²) in [4.78, 5) is 25.0. The summed E-state index contributed by atoms with van der Waals surface area (Å²) in [6.07, 6.45) is 3.29. The number of benzene rings is 2. The van der Waals surface area contributed by atoms with E-state index in [4.69, 9.17) is 11.6 Å². The van der Waals surface area contributed by atoms with Gasteiger partial charge in [-0.1, -0.05) is 54.1 Å². The van der Waals surface area contributed by atoms with Gasteiger partial charge in [-0.05, 0) is 42.5 Å². The van der Waals surface area contributed by atoms with Crippen LogP contribution in [0.1, 0.15) is 22.3 Å². The van der Waals surface area contributed by atoms with Gasteiger partial charge in [0.05, 0.1) is 10.6 Å². The third kappa shape index (κ3) is 6.39. The molecule has 2 aromatic rings. The lowest BCUT2D eigenvalue weighted by Gasteiger charge is -2.18. The molecule has 2 amide bonds. The molecule has 2 aromatic carbocycles. The number of halogens is 1. The first-order chi connectivity index (χ1) is 12.6. The highest BCUT2D eigenvalue weighted by molar-refractivity contribution is 7.98. The molecule has 138 valence electrons.